The van der Waals surface area contributed by atoms with Crippen molar-refractivity contribution >= 4 is 0 Å². The fourth-order valence-electron chi connectivity index (χ4n) is 3.89. The first-order valence-corrected chi connectivity index (χ1v) is 7.66. The molecule has 1 saturated carbocycles. The molecule has 0 aromatic carbocycles. The van der Waals surface area contributed by atoms with Gasteiger partial charge in [-0.05, 0) is 44.4 Å². The molecule has 3 heteroatoms. The van der Waals surface area contributed by atoms with Gasteiger partial charge in [0.1, 0.15) is 0 Å². The van der Waals surface area contributed by atoms with Crippen LogP contribution in [0.25, 0.3) is 0 Å². The molecule has 1 heterocycles. The first-order chi connectivity index (χ1) is 8.75. The molecule has 1 N–H and O–H groups in total. The van der Waals surface area contributed by atoms with Crippen molar-refractivity contribution in [3.8, 4) is 0 Å². The van der Waals surface area contributed by atoms with E-state index in [1.54, 1.807) is 0 Å². The van der Waals surface area contributed by atoms with E-state index in [4.69, 9.17) is 9.47 Å². The van der Waals surface area contributed by atoms with Crippen LogP contribution in [0, 0.1) is 5.92 Å². The molecule has 2 rings (SSSR count). The van der Waals surface area contributed by atoms with Gasteiger partial charge >= 0.3 is 0 Å². The Morgan fingerprint density at radius 3 is 2.39 bits per heavy atom. The van der Waals surface area contributed by atoms with E-state index in [1.165, 1.54) is 25.7 Å². The van der Waals surface area contributed by atoms with Crippen LogP contribution in [0.5, 0.6) is 0 Å². The van der Waals surface area contributed by atoms with Gasteiger partial charge in [-0.3, -0.25) is 0 Å². The lowest BCUT2D eigenvalue weighted by atomic mass is 9.73. The quantitative estimate of drug-likeness (QED) is 0.838. The van der Waals surface area contributed by atoms with Crippen molar-refractivity contribution in [2.75, 3.05) is 20.3 Å². The first-order valence-electron chi connectivity index (χ1n) is 7.66. The molecule has 1 aliphatic carbocycles. The van der Waals surface area contributed by atoms with Crippen LogP contribution in [-0.2, 0) is 9.47 Å². The molecule has 106 valence electrons. The average molecular weight is 255 g/mol. The third-order valence-electron chi connectivity index (χ3n) is 5.14. The van der Waals surface area contributed by atoms with Crippen LogP contribution >= 0.6 is 0 Å². The van der Waals surface area contributed by atoms with Crippen molar-refractivity contribution in [1.82, 2.24) is 5.32 Å². The Morgan fingerprint density at radius 2 is 1.83 bits per heavy atom. The molecule has 0 radical (unpaired) electrons. The van der Waals surface area contributed by atoms with Gasteiger partial charge in [0.2, 0.25) is 0 Å². The molecular weight excluding hydrogens is 226 g/mol. The van der Waals surface area contributed by atoms with Crippen LogP contribution in [0.2, 0.25) is 0 Å². The third-order valence-corrected chi connectivity index (χ3v) is 5.14. The average Bonchev–Trinajstić information content (AvgIpc) is 2.47. The number of morpholine rings is 1. The number of rotatable bonds is 4. The third kappa shape index (κ3) is 2.73. The number of ether oxygens (including phenoxy) is 2. The van der Waals surface area contributed by atoms with Gasteiger partial charge in [0.25, 0.3) is 0 Å². The second kappa shape index (κ2) is 6.36. The highest BCUT2D eigenvalue weighted by atomic mass is 16.5. The maximum atomic E-state index is 6.19. The Kier molecular flexibility index (Phi) is 5.05. The highest BCUT2D eigenvalue weighted by Gasteiger charge is 2.44. The zero-order valence-electron chi connectivity index (χ0n) is 12.2. The van der Waals surface area contributed by atoms with Crippen LogP contribution in [0.4, 0.5) is 0 Å². The summed E-state index contributed by atoms with van der Waals surface area (Å²) < 4.78 is 11.7. The summed E-state index contributed by atoms with van der Waals surface area (Å²) >= 11 is 0. The van der Waals surface area contributed by atoms with Crippen molar-refractivity contribution in [1.29, 1.82) is 0 Å². The van der Waals surface area contributed by atoms with E-state index in [0.29, 0.717) is 12.1 Å². The zero-order chi connectivity index (χ0) is 13.0. The molecule has 2 aliphatic rings. The molecule has 0 aromatic rings. The van der Waals surface area contributed by atoms with Gasteiger partial charge in [-0.2, -0.15) is 0 Å². The number of nitrogens with one attached hydrogen (secondary N) is 1. The van der Waals surface area contributed by atoms with E-state index in [1.807, 2.05) is 7.11 Å². The Morgan fingerprint density at radius 1 is 1.17 bits per heavy atom. The number of hydrogen-bond acceptors (Lipinski definition) is 3. The van der Waals surface area contributed by atoms with Gasteiger partial charge in [0.05, 0.1) is 18.3 Å². The van der Waals surface area contributed by atoms with Gasteiger partial charge in [-0.1, -0.05) is 13.8 Å². The van der Waals surface area contributed by atoms with Gasteiger partial charge in [0.15, 0.2) is 0 Å². The largest absolute Gasteiger partial charge is 0.381 e. The summed E-state index contributed by atoms with van der Waals surface area (Å²) in [5.41, 5.74) is 0.0722. The predicted molar refractivity (Wildman–Crippen MR) is 73.8 cm³/mol. The van der Waals surface area contributed by atoms with Crippen molar-refractivity contribution in [3.05, 3.63) is 0 Å². The second-order valence-corrected chi connectivity index (χ2v) is 5.82. The minimum Gasteiger partial charge on any atom is -0.381 e. The maximum Gasteiger partial charge on any atom is 0.0832 e. The Hall–Kier alpha value is -0.120. The molecule has 3 nitrogen and oxygen atoms in total. The molecular formula is C15H29NO2. The fourth-order valence-corrected chi connectivity index (χ4v) is 3.89. The lowest BCUT2D eigenvalue weighted by Gasteiger charge is -2.48. The van der Waals surface area contributed by atoms with Crippen LogP contribution in [0.1, 0.15) is 52.4 Å². The number of hydrogen-bond donors (Lipinski definition) is 1. The molecule has 0 spiro atoms. The number of methoxy groups -OCH3 is 1. The Balaban J connectivity index is 2.01. The van der Waals surface area contributed by atoms with Crippen LogP contribution < -0.4 is 5.32 Å². The molecule has 0 aromatic heterocycles. The van der Waals surface area contributed by atoms with Crippen molar-refractivity contribution in [2.45, 2.75) is 70.1 Å². The first kappa shape index (κ1) is 14.3. The van der Waals surface area contributed by atoms with E-state index >= 15 is 0 Å². The summed E-state index contributed by atoms with van der Waals surface area (Å²) in [7, 11) is 1.84. The van der Waals surface area contributed by atoms with Gasteiger partial charge in [-0.25, -0.2) is 0 Å². The van der Waals surface area contributed by atoms with E-state index < -0.39 is 0 Å². The van der Waals surface area contributed by atoms with E-state index in [9.17, 15) is 0 Å². The van der Waals surface area contributed by atoms with E-state index in [2.05, 4.69) is 19.2 Å². The monoisotopic (exact) mass is 255 g/mol. The topological polar surface area (TPSA) is 30.5 Å². The summed E-state index contributed by atoms with van der Waals surface area (Å²) in [5.74, 6) is 0.761. The van der Waals surface area contributed by atoms with E-state index in [-0.39, 0.29) is 5.60 Å². The predicted octanol–water partition coefficient (Wildman–Crippen LogP) is 2.74. The Bertz CT molecular complexity index is 245. The van der Waals surface area contributed by atoms with E-state index in [0.717, 1.165) is 31.9 Å². The van der Waals surface area contributed by atoms with Crippen molar-refractivity contribution < 1.29 is 9.47 Å². The van der Waals surface area contributed by atoms with Gasteiger partial charge in [-0.15, -0.1) is 0 Å². The molecule has 18 heavy (non-hydrogen) atoms. The normalized spacial score (nSPS) is 36.5. The van der Waals surface area contributed by atoms with Gasteiger partial charge in [0, 0.05) is 19.7 Å². The molecule has 0 amide bonds. The van der Waals surface area contributed by atoms with Crippen molar-refractivity contribution in [2.24, 2.45) is 5.92 Å². The molecule has 1 atom stereocenters. The van der Waals surface area contributed by atoms with Crippen molar-refractivity contribution in [3.63, 3.8) is 0 Å². The lowest BCUT2D eigenvalue weighted by molar-refractivity contribution is -0.121. The molecule has 2 fully saturated rings. The minimum atomic E-state index is 0.0722. The standard InChI is InChI=1S/C15H29NO2/c1-4-15(5-2)14(16-10-11-18-15)12-6-8-13(17-3)9-7-12/h12-14,16H,4-11H2,1-3H3. The highest BCUT2D eigenvalue weighted by Crippen LogP contribution is 2.38. The zero-order valence-corrected chi connectivity index (χ0v) is 12.2. The van der Waals surface area contributed by atoms with Crippen LogP contribution in [-0.4, -0.2) is 38.0 Å². The Labute approximate surface area is 112 Å². The smallest absolute Gasteiger partial charge is 0.0832 e. The maximum absolute atomic E-state index is 6.19. The van der Waals surface area contributed by atoms with Crippen LogP contribution in [0.3, 0.4) is 0 Å². The van der Waals surface area contributed by atoms with Crippen LogP contribution in [0.15, 0.2) is 0 Å². The minimum absolute atomic E-state index is 0.0722. The molecule has 1 unspecified atom stereocenters. The SMILES string of the molecule is CCC1(CC)OCCNC1C1CCC(OC)CC1. The summed E-state index contributed by atoms with van der Waals surface area (Å²) in [4.78, 5) is 0. The summed E-state index contributed by atoms with van der Waals surface area (Å²) in [6.07, 6.45) is 7.70. The lowest BCUT2D eigenvalue weighted by Crippen LogP contribution is -2.61. The van der Waals surface area contributed by atoms with Gasteiger partial charge < -0.3 is 14.8 Å². The second-order valence-electron chi connectivity index (χ2n) is 5.82. The summed E-state index contributed by atoms with van der Waals surface area (Å²) in [6, 6.07) is 0.541. The highest BCUT2D eigenvalue weighted by molar-refractivity contribution is 4.99. The molecule has 0 bridgehead atoms. The summed E-state index contributed by atoms with van der Waals surface area (Å²) in [6.45, 7) is 6.41. The summed E-state index contributed by atoms with van der Waals surface area (Å²) in [5, 5.41) is 3.75. The molecule has 1 saturated heterocycles. The fraction of sp³-hybridized carbons (Fsp3) is 1.00. The molecule has 1 aliphatic heterocycles.